The van der Waals surface area contributed by atoms with Crippen LogP contribution < -0.4 is 0 Å². The van der Waals surface area contributed by atoms with Crippen LogP contribution in [0.25, 0.3) is 101 Å². The summed E-state index contributed by atoms with van der Waals surface area (Å²) in [5.74, 6) is 1.86. The summed E-state index contributed by atoms with van der Waals surface area (Å²) in [6, 6.07) is 69.2. The van der Waals surface area contributed by atoms with Crippen LogP contribution in [0.2, 0.25) is 0 Å². The van der Waals surface area contributed by atoms with Gasteiger partial charge in [0.25, 0.3) is 0 Å². The molecule has 258 valence electrons. The SMILES string of the molecule is c1ccc(-c2cccc(-c3nc(-c4cccc(-c5ccc(-c6cccc7c6oc6ccccc67)cc5)c4)nc(-c4ccccc4-c4ccccc4)n3)c2)cc1. The monoisotopic (exact) mass is 703 g/mol. The van der Waals surface area contributed by atoms with E-state index in [0.717, 1.165) is 83.1 Å². The zero-order valence-corrected chi connectivity index (χ0v) is 29.8. The number of furan rings is 1. The van der Waals surface area contributed by atoms with Crippen LogP contribution in [-0.2, 0) is 0 Å². The molecule has 4 nitrogen and oxygen atoms in total. The Morgan fingerprint density at radius 2 is 0.709 bits per heavy atom. The molecular formula is C51H33N3O. The summed E-state index contributed by atoms with van der Waals surface area (Å²) in [5.41, 5.74) is 13.4. The van der Waals surface area contributed by atoms with E-state index in [9.17, 15) is 0 Å². The third-order valence-electron chi connectivity index (χ3n) is 10.2. The lowest BCUT2D eigenvalue weighted by Crippen LogP contribution is -2.01. The highest BCUT2D eigenvalue weighted by Crippen LogP contribution is 2.37. The Hall–Kier alpha value is -7.43. The van der Waals surface area contributed by atoms with Crippen molar-refractivity contribution in [1.82, 2.24) is 15.0 Å². The Balaban J connectivity index is 1.07. The summed E-state index contributed by atoms with van der Waals surface area (Å²) < 4.78 is 6.34. The van der Waals surface area contributed by atoms with E-state index in [1.165, 1.54) is 0 Å². The molecule has 0 bridgehead atoms. The number of benzene rings is 8. The number of hydrogen-bond donors (Lipinski definition) is 0. The van der Waals surface area contributed by atoms with Gasteiger partial charge in [-0.05, 0) is 57.1 Å². The van der Waals surface area contributed by atoms with Crippen molar-refractivity contribution in [2.45, 2.75) is 0 Å². The van der Waals surface area contributed by atoms with Crippen molar-refractivity contribution < 1.29 is 4.42 Å². The third kappa shape index (κ3) is 6.16. The molecule has 10 aromatic rings. The van der Waals surface area contributed by atoms with Gasteiger partial charge < -0.3 is 4.42 Å². The van der Waals surface area contributed by atoms with Crippen LogP contribution in [0.4, 0.5) is 0 Å². The predicted octanol–water partition coefficient (Wildman–Crippen LogP) is 13.4. The lowest BCUT2D eigenvalue weighted by Gasteiger charge is -2.13. The largest absolute Gasteiger partial charge is 0.455 e. The van der Waals surface area contributed by atoms with E-state index in [4.69, 9.17) is 19.4 Å². The van der Waals surface area contributed by atoms with Gasteiger partial charge in [-0.25, -0.2) is 15.0 Å². The van der Waals surface area contributed by atoms with E-state index in [1.54, 1.807) is 0 Å². The van der Waals surface area contributed by atoms with Crippen LogP contribution >= 0.6 is 0 Å². The second-order valence-electron chi connectivity index (χ2n) is 13.6. The van der Waals surface area contributed by atoms with E-state index in [2.05, 4.69) is 170 Å². The van der Waals surface area contributed by atoms with Gasteiger partial charge in [-0.1, -0.05) is 182 Å². The molecular weight excluding hydrogens is 671 g/mol. The van der Waals surface area contributed by atoms with E-state index in [1.807, 2.05) is 30.3 Å². The highest BCUT2D eigenvalue weighted by atomic mass is 16.3. The molecule has 0 N–H and O–H groups in total. The first kappa shape index (κ1) is 32.2. The van der Waals surface area contributed by atoms with E-state index in [0.29, 0.717) is 17.5 Å². The molecule has 0 aliphatic rings. The highest BCUT2D eigenvalue weighted by Gasteiger charge is 2.17. The molecule has 0 saturated heterocycles. The Morgan fingerprint density at radius 1 is 0.273 bits per heavy atom. The third-order valence-corrected chi connectivity index (χ3v) is 10.2. The maximum absolute atomic E-state index is 6.34. The number of fused-ring (bicyclic) bond motifs is 3. The van der Waals surface area contributed by atoms with Crippen molar-refractivity contribution in [2.24, 2.45) is 0 Å². The summed E-state index contributed by atoms with van der Waals surface area (Å²) in [4.78, 5) is 15.5. The normalized spacial score (nSPS) is 11.3. The first-order chi connectivity index (χ1) is 27.2. The quantitative estimate of drug-likeness (QED) is 0.166. The minimum atomic E-state index is 0.614. The van der Waals surface area contributed by atoms with Crippen LogP contribution in [0, 0.1) is 0 Å². The van der Waals surface area contributed by atoms with Gasteiger partial charge in [0.05, 0.1) is 0 Å². The average molecular weight is 704 g/mol. The van der Waals surface area contributed by atoms with Crippen LogP contribution in [-0.4, -0.2) is 15.0 Å². The lowest BCUT2D eigenvalue weighted by atomic mass is 9.97. The molecule has 0 amide bonds. The maximum Gasteiger partial charge on any atom is 0.164 e. The van der Waals surface area contributed by atoms with Gasteiger partial charge >= 0.3 is 0 Å². The summed E-state index contributed by atoms with van der Waals surface area (Å²) >= 11 is 0. The lowest BCUT2D eigenvalue weighted by molar-refractivity contribution is 0.670. The molecule has 4 heteroatoms. The fourth-order valence-electron chi connectivity index (χ4n) is 7.43. The molecule has 2 aromatic heterocycles. The first-order valence-corrected chi connectivity index (χ1v) is 18.4. The minimum absolute atomic E-state index is 0.614. The van der Waals surface area contributed by atoms with Gasteiger partial charge in [-0.2, -0.15) is 0 Å². The molecule has 0 aliphatic carbocycles. The van der Waals surface area contributed by atoms with Crippen molar-refractivity contribution >= 4 is 21.9 Å². The van der Waals surface area contributed by atoms with Gasteiger partial charge in [-0.3, -0.25) is 0 Å². The molecule has 2 heterocycles. The molecule has 0 spiro atoms. The maximum atomic E-state index is 6.34. The van der Waals surface area contributed by atoms with Gasteiger partial charge in [0.1, 0.15) is 11.2 Å². The van der Waals surface area contributed by atoms with Gasteiger partial charge in [0.2, 0.25) is 0 Å². The molecule has 10 rings (SSSR count). The smallest absolute Gasteiger partial charge is 0.164 e. The Kier molecular flexibility index (Phi) is 8.12. The molecule has 0 atom stereocenters. The molecule has 0 fully saturated rings. The minimum Gasteiger partial charge on any atom is -0.455 e. The summed E-state index contributed by atoms with van der Waals surface area (Å²) in [6.45, 7) is 0. The molecule has 8 aromatic carbocycles. The summed E-state index contributed by atoms with van der Waals surface area (Å²) in [6.07, 6.45) is 0. The van der Waals surface area contributed by atoms with Crippen molar-refractivity contribution in [3.8, 4) is 78.7 Å². The second kappa shape index (κ2) is 13.8. The van der Waals surface area contributed by atoms with Gasteiger partial charge in [-0.15, -0.1) is 0 Å². The topological polar surface area (TPSA) is 51.8 Å². The Bertz CT molecular complexity index is 2970. The van der Waals surface area contributed by atoms with Crippen LogP contribution in [0.1, 0.15) is 0 Å². The Labute approximate surface area is 319 Å². The summed E-state index contributed by atoms with van der Waals surface area (Å²) in [7, 11) is 0. The van der Waals surface area contributed by atoms with Crippen molar-refractivity contribution in [1.29, 1.82) is 0 Å². The zero-order valence-electron chi connectivity index (χ0n) is 29.8. The molecule has 0 unspecified atom stereocenters. The van der Waals surface area contributed by atoms with Crippen LogP contribution in [0.3, 0.4) is 0 Å². The standard InChI is InChI=1S/C51H33N3O/c1-3-14-34(15-4-1)38-18-11-20-40(32-38)49-52-50(54-51(53-49)46-24-8-7-22-42(46)36-16-5-2-6-17-36)41-21-12-19-39(33-41)35-28-30-37(31-29-35)43-25-13-26-45-44-23-9-10-27-47(44)55-48(43)45/h1-33H. The predicted molar refractivity (Wildman–Crippen MR) is 225 cm³/mol. The van der Waals surface area contributed by atoms with Crippen LogP contribution in [0.15, 0.2) is 205 Å². The fourth-order valence-corrected chi connectivity index (χ4v) is 7.43. The number of para-hydroxylation sites is 2. The summed E-state index contributed by atoms with van der Waals surface area (Å²) in [5, 5.41) is 2.25. The number of aromatic nitrogens is 3. The van der Waals surface area contributed by atoms with Gasteiger partial charge in [0, 0.05) is 33.0 Å². The van der Waals surface area contributed by atoms with E-state index >= 15 is 0 Å². The van der Waals surface area contributed by atoms with Gasteiger partial charge in [0.15, 0.2) is 17.5 Å². The number of rotatable bonds is 7. The molecule has 55 heavy (non-hydrogen) atoms. The Morgan fingerprint density at radius 3 is 1.40 bits per heavy atom. The van der Waals surface area contributed by atoms with Crippen LogP contribution in [0.5, 0.6) is 0 Å². The van der Waals surface area contributed by atoms with Crippen molar-refractivity contribution in [2.75, 3.05) is 0 Å². The van der Waals surface area contributed by atoms with E-state index < -0.39 is 0 Å². The average Bonchev–Trinajstić information content (AvgIpc) is 3.66. The second-order valence-corrected chi connectivity index (χ2v) is 13.6. The fraction of sp³-hybridized carbons (Fsp3) is 0. The number of hydrogen-bond acceptors (Lipinski definition) is 4. The molecule has 0 radical (unpaired) electrons. The zero-order chi connectivity index (χ0) is 36.6. The van der Waals surface area contributed by atoms with Crippen molar-refractivity contribution in [3.63, 3.8) is 0 Å². The molecule has 0 aliphatic heterocycles. The highest BCUT2D eigenvalue weighted by molar-refractivity contribution is 6.09. The number of nitrogens with zero attached hydrogens (tertiary/aromatic N) is 3. The first-order valence-electron chi connectivity index (χ1n) is 18.4. The molecule has 0 saturated carbocycles. The van der Waals surface area contributed by atoms with E-state index in [-0.39, 0.29) is 0 Å². The van der Waals surface area contributed by atoms with Crippen molar-refractivity contribution in [3.05, 3.63) is 200 Å².